The Kier molecular flexibility index (Phi) is 11.5. The number of rotatable bonds is 15. The first-order valence-corrected chi connectivity index (χ1v) is 11.7. The lowest BCUT2D eigenvalue weighted by Gasteiger charge is -2.09. The van der Waals surface area contributed by atoms with Crippen molar-refractivity contribution in [3.8, 4) is 16.9 Å². The van der Waals surface area contributed by atoms with Crippen molar-refractivity contribution in [1.29, 1.82) is 0 Å². The molecule has 1 nitrogen and oxygen atoms in total. The molecule has 2 rings (SSSR count). The van der Waals surface area contributed by atoms with Gasteiger partial charge in [-0.05, 0) is 54.5 Å². The van der Waals surface area contributed by atoms with Gasteiger partial charge in [0, 0.05) is 0 Å². The van der Waals surface area contributed by atoms with Gasteiger partial charge in [-0.3, -0.25) is 0 Å². The summed E-state index contributed by atoms with van der Waals surface area (Å²) in [5.74, 6) is 0.944. The molecule has 1 atom stereocenters. The standard InChI is InChI=1S/C27H39FO/c1-3-5-7-8-9-10-22-29-27-20-17-25(18-21-27)24-15-12-23(13-16-24)14-19-26(28)11-6-4-2/h12-13,15-18,20-21,26H,3-11,14,19,22H2,1-2H3/t26-/m0/s1. The highest BCUT2D eigenvalue weighted by atomic mass is 19.1. The molecule has 0 fully saturated rings. The van der Waals surface area contributed by atoms with Gasteiger partial charge in [-0.15, -0.1) is 0 Å². The molecular weight excluding hydrogens is 359 g/mol. The molecule has 2 aromatic carbocycles. The van der Waals surface area contributed by atoms with Crippen LogP contribution in [0.25, 0.3) is 11.1 Å². The summed E-state index contributed by atoms with van der Waals surface area (Å²) in [5.41, 5.74) is 3.60. The molecule has 0 aromatic heterocycles. The van der Waals surface area contributed by atoms with Gasteiger partial charge in [0.05, 0.1) is 6.61 Å². The van der Waals surface area contributed by atoms with E-state index in [1.54, 1.807) is 0 Å². The fourth-order valence-electron chi connectivity index (χ4n) is 3.57. The van der Waals surface area contributed by atoms with Crippen LogP contribution in [0.2, 0.25) is 0 Å². The van der Waals surface area contributed by atoms with E-state index >= 15 is 0 Å². The van der Waals surface area contributed by atoms with E-state index < -0.39 is 6.17 Å². The van der Waals surface area contributed by atoms with Crippen LogP contribution in [0.15, 0.2) is 48.5 Å². The molecule has 0 bridgehead atoms. The fourth-order valence-corrected chi connectivity index (χ4v) is 3.57. The Labute approximate surface area is 177 Å². The third kappa shape index (κ3) is 9.47. The first-order valence-electron chi connectivity index (χ1n) is 11.7. The molecule has 0 radical (unpaired) electrons. The van der Waals surface area contributed by atoms with Gasteiger partial charge >= 0.3 is 0 Å². The SMILES string of the molecule is CCCCCCCCOc1ccc(-c2ccc(CC[C@@H](F)CCCC)cc2)cc1. The minimum atomic E-state index is -0.668. The van der Waals surface area contributed by atoms with Crippen molar-refractivity contribution in [3.63, 3.8) is 0 Å². The maximum absolute atomic E-state index is 13.8. The summed E-state index contributed by atoms with van der Waals surface area (Å²) >= 11 is 0. The number of aryl methyl sites for hydroxylation is 1. The molecule has 0 aliphatic heterocycles. The molecular formula is C27H39FO. The van der Waals surface area contributed by atoms with Crippen molar-refractivity contribution in [1.82, 2.24) is 0 Å². The van der Waals surface area contributed by atoms with E-state index in [1.165, 1.54) is 48.8 Å². The molecule has 0 saturated carbocycles. The van der Waals surface area contributed by atoms with Crippen LogP contribution in [0, 0.1) is 0 Å². The van der Waals surface area contributed by atoms with Gasteiger partial charge in [0.2, 0.25) is 0 Å². The Balaban J connectivity index is 1.73. The highest BCUT2D eigenvalue weighted by Crippen LogP contribution is 2.24. The Morgan fingerprint density at radius 2 is 1.28 bits per heavy atom. The predicted molar refractivity (Wildman–Crippen MR) is 123 cm³/mol. The fraction of sp³-hybridized carbons (Fsp3) is 0.556. The Hall–Kier alpha value is -1.83. The van der Waals surface area contributed by atoms with E-state index in [-0.39, 0.29) is 0 Å². The summed E-state index contributed by atoms with van der Waals surface area (Å²) in [6, 6.07) is 16.9. The van der Waals surface area contributed by atoms with E-state index in [4.69, 9.17) is 4.74 Å². The molecule has 29 heavy (non-hydrogen) atoms. The molecule has 0 aliphatic rings. The lowest BCUT2D eigenvalue weighted by atomic mass is 10.0. The summed E-state index contributed by atoms with van der Waals surface area (Å²) in [4.78, 5) is 0. The van der Waals surface area contributed by atoms with Crippen molar-refractivity contribution < 1.29 is 9.13 Å². The smallest absolute Gasteiger partial charge is 0.119 e. The van der Waals surface area contributed by atoms with Crippen molar-refractivity contribution in [2.24, 2.45) is 0 Å². The summed E-state index contributed by atoms with van der Waals surface area (Å²) in [6.45, 7) is 5.16. The molecule has 0 spiro atoms. The van der Waals surface area contributed by atoms with Crippen LogP contribution in [0.5, 0.6) is 5.75 Å². The molecule has 0 unspecified atom stereocenters. The van der Waals surface area contributed by atoms with Crippen LogP contribution >= 0.6 is 0 Å². The molecule has 0 amide bonds. The molecule has 160 valence electrons. The van der Waals surface area contributed by atoms with E-state index in [9.17, 15) is 4.39 Å². The lowest BCUT2D eigenvalue weighted by molar-refractivity contribution is 0.290. The predicted octanol–water partition coefficient (Wildman–Crippen LogP) is 8.55. The summed E-state index contributed by atoms with van der Waals surface area (Å²) < 4.78 is 19.7. The number of hydrogen-bond acceptors (Lipinski definition) is 1. The maximum atomic E-state index is 13.8. The molecule has 0 N–H and O–H groups in total. The van der Waals surface area contributed by atoms with Crippen molar-refractivity contribution in [2.45, 2.75) is 90.6 Å². The second-order valence-electron chi connectivity index (χ2n) is 8.12. The third-order valence-electron chi connectivity index (χ3n) is 5.53. The number of benzene rings is 2. The van der Waals surface area contributed by atoms with E-state index in [2.05, 4.69) is 62.4 Å². The van der Waals surface area contributed by atoms with Crippen LogP contribution in [0.1, 0.15) is 83.6 Å². The minimum Gasteiger partial charge on any atom is -0.494 e. The second kappa shape index (κ2) is 14.2. The van der Waals surface area contributed by atoms with Crippen molar-refractivity contribution >= 4 is 0 Å². The first kappa shape index (κ1) is 23.4. The van der Waals surface area contributed by atoms with Gasteiger partial charge in [-0.25, -0.2) is 4.39 Å². The van der Waals surface area contributed by atoms with E-state index in [0.717, 1.165) is 38.0 Å². The molecule has 0 aliphatic carbocycles. The van der Waals surface area contributed by atoms with Gasteiger partial charge in [0.25, 0.3) is 0 Å². The van der Waals surface area contributed by atoms with Crippen LogP contribution in [-0.4, -0.2) is 12.8 Å². The first-order chi connectivity index (χ1) is 14.2. The molecule has 0 saturated heterocycles. The summed E-state index contributed by atoms with van der Waals surface area (Å²) in [5, 5.41) is 0. The quantitative estimate of drug-likeness (QED) is 0.273. The molecule has 0 heterocycles. The summed E-state index contributed by atoms with van der Waals surface area (Å²) in [6.07, 6.45) is 11.2. The zero-order valence-corrected chi connectivity index (χ0v) is 18.5. The van der Waals surface area contributed by atoms with Gasteiger partial charge in [0.15, 0.2) is 0 Å². The van der Waals surface area contributed by atoms with Crippen LogP contribution in [0.3, 0.4) is 0 Å². The zero-order chi connectivity index (χ0) is 20.7. The maximum Gasteiger partial charge on any atom is 0.119 e. The minimum absolute atomic E-state index is 0.629. The average molecular weight is 399 g/mol. The number of halogens is 1. The number of hydrogen-bond donors (Lipinski definition) is 0. The Morgan fingerprint density at radius 3 is 1.93 bits per heavy atom. The van der Waals surface area contributed by atoms with Crippen molar-refractivity contribution in [3.05, 3.63) is 54.1 Å². The van der Waals surface area contributed by atoms with Crippen molar-refractivity contribution in [2.75, 3.05) is 6.61 Å². The highest BCUT2D eigenvalue weighted by molar-refractivity contribution is 5.64. The van der Waals surface area contributed by atoms with Crippen LogP contribution in [0.4, 0.5) is 4.39 Å². The topological polar surface area (TPSA) is 9.23 Å². The van der Waals surface area contributed by atoms with Gasteiger partial charge in [-0.2, -0.15) is 0 Å². The second-order valence-corrected chi connectivity index (χ2v) is 8.12. The third-order valence-corrected chi connectivity index (χ3v) is 5.53. The van der Waals surface area contributed by atoms with Gasteiger partial charge in [-0.1, -0.05) is 95.2 Å². The Morgan fingerprint density at radius 1 is 0.690 bits per heavy atom. The highest BCUT2D eigenvalue weighted by Gasteiger charge is 2.06. The van der Waals surface area contributed by atoms with E-state index in [1.807, 2.05) is 0 Å². The zero-order valence-electron chi connectivity index (χ0n) is 18.5. The molecule has 2 heteroatoms. The van der Waals surface area contributed by atoms with E-state index in [0.29, 0.717) is 12.8 Å². The Bertz CT molecular complexity index is 647. The lowest BCUT2D eigenvalue weighted by Crippen LogP contribution is -2.01. The van der Waals surface area contributed by atoms with Crippen LogP contribution in [-0.2, 0) is 6.42 Å². The normalized spacial score (nSPS) is 12.1. The monoisotopic (exact) mass is 398 g/mol. The van der Waals surface area contributed by atoms with Gasteiger partial charge in [0.1, 0.15) is 11.9 Å². The largest absolute Gasteiger partial charge is 0.494 e. The average Bonchev–Trinajstić information content (AvgIpc) is 2.76. The van der Waals surface area contributed by atoms with Crippen LogP contribution < -0.4 is 4.74 Å². The molecule has 2 aromatic rings. The summed E-state index contributed by atoms with van der Waals surface area (Å²) in [7, 11) is 0. The number of unbranched alkanes of at least 4 members (excludes halogenated alkanes) is 6. The van der Waals surface area contributed by atoms with Gasteiger partial charge < -0.3 is 4.74 Å². The number of alkyl halides is 1. The number of ether oxygens (including phenoxy) is 1.